The molecule has 7 heteroatoms. The van der Waals surface area contributed by atoms with Crippen LogP contribution in [-0.4, -0.2) is 58.2 Å². The van der Waals surface area contributed by atoms with Crippen molar-refractivity contribution in [3.05, 3.63) is 65.6 Å². The second kappa shape index (κ2) is 8.01. The molecule has 1 aliphatic heterocycles. The molecule has 1 atom stereocenters. The van der Waals surface area contributed by atoms with E-state index in [1.807, 2.05) is 43.5 Å². The summed E-state index contributed by atoms with van der Waals surface area (Å²) in [5, 5.41) is 12.2. The lowest BCUT2D eigenvalue weighted by atomic mass is 10.0. The molecule has 0 saturated carbocycles. The van der Waals surface area contributed by atoms with E-state index >= 15 is 0 Å². The summed E-state index contributed by atoms with van der Waals surface area (Å²) in [7, 11) is 1.73. The molecular formula is C23H27N5O2. The summed E-state index contributed by atoms with van der Waals surface area (Å²) in [5.41, 5.74) is 9.03. The Labute approximate surface area is 176 Å². The summed E-state index contributed by atoms with van der Waals surface area (Å²) in [6.45, 7) is 3.76. The molecule has 4 rings (SSSR count). The molecular weight excluding hydrogens is 378 g/mol. The number of β-amino-alcohol motifs (C(OH)–C–C–N with tert-alkyl or cyclic N) is 1. The molecule has 0 aliphatic carbocycles. The zero-order chi connectivity index (χ0) is 21.3. The fraction of sp³-hybridized carbons (Fsp3) is 0.348. The standard InChI is InChI=1S/C23H27N5O2/c1-16-10-21(19-13-25-8-6-20(19)26-16)28-9-7-23(30,15-28)14-27(2)22(29)18-5-3-4-17(11-18)12-24/h3-6,8,10-11,13,30H,7,9,12,14-15,24H2,1-2H3/t23-/m0/s1. The van der Waals surface area contributed by atoms with Crippen molar-refractivity contribution < 1.29 is 9.90 Å². The number of carbonyl (C=O) groups is 1. The van der Waals surface area contributed by atoms with Gasteiger partial charge >= 0.3 is 0 Å². The van der Waals surface area contributed by atoms with E-state index in [0.717, 1.165) is 27.8 Å². The van der Waals surface area contributed by atoms with E-state index in [1.54, 1.807) is 24.2 Å². The van der Waals surface area contributed by atoms with Crippen LogP contribution in [0.5, 0.6) is 0 Å². The van der Waals surface area contributed by atoms with Gasteiger partial charge in [0.2, 0.25) is 0 Å². The van der Waals surface area contributed by atoms with Crippen LogP contribution < -0.4 is 10.6 Å². The highest BCUT2D eigenvalue weighted by Crippen LogP contribution is 2.32. The number of benzene rings is 1. The number of hydrogen-bond acceptors (Lipinski definition) is 6. The van der Waals surface area contributed by atoms with Crippen molar-refractivity contribution in [2.75, 3.05) is 31.6 Å². The second-order valence-corrected chi connectivity index (χ2v) is 8.14. The molecule has 2 aromatic heterocycles. The Hall–Kier alpha value is -3.03. The summed E-state index contributed by atoms with van der Waals surface area (Å²) in [6, 6.07) is 11.2. The average Bonchev–Trinajstić information content (AvgIpc) is 3.13. The van der Waals surface area contributed by atoms with Crippen LogP contribution in [0.3, 0.4) is 0 Å². The number of rotatable bonds is 5. The number of nitrogens with zero attached hydrogens (tertiary/aromatic N) is 4. The van der Waals surface area contributed by atoms with Crippen molar-refractivity contribution in [2.24, 2.45) is 5.73 Å². The van der Waals surface area contributed by atoms with Gasteiger partial charge in [-0.2, -0.15) is 0 Å². The van der Waals surface area contributed by atoms with Crippen LogP contribution in [0.25, 0.3) is 10.9 Å². The Morgan fingerprint density at radius 2 is 2.17 bits per heavy atom. The van der Waals surface area contributed by atoms with E-state index in [0.29, 0.717) is 31.6 Å². The van der Waals surface area contributed by atoms with Gasteiger partial charge in [0.15, 0.2) is 0 Å². The normalized spacial score (nSPS) is 18.7. The van der Waals surface area contributed by atoms with Crippen molar-refractivity contribution in [1.29, 1.82) is 0 Å². The summed E-state index contributed by atoms with van der Waals surface area (Å²) < 4.78 is 0. The van der Waals surface area contributed by atoms with Crippen molar-refractivity contribution in [1.82, 2.24) is 14.9 Å². The Morgan fingerprint density at radius 3 is 2.97 bits per heavy atom. The highest BCUT2D eigenvalue weighted by molar-refractivity contribution is 5.94. The van der Waals surface area contributed by atoms with Crippen LogP contribution in [-0.2, 0) is 6.54 Å². The van der Waals surface area contributed by atoms with Gasteiger partial charge in [-0.25, -0.2) is 0 Å². The fourth-order valence-corrected chi connectivity index (χ4v) is 4.20. The number of nitrogens with two attached hydrogens (primary N) is 1. The first-order valence-electron chi connectivity index (χ1n) is 10.1. The fourth-order valence-electron chi connectivity index (χ4n) is 4.20. The Morgan fingerprint density at radius 1 is 1.33 bits per heavy atom. The molecule has 1 fully saturated rings. The van der Waals surface area contributed by atoms with Crippen LogP contribution in [0.2, 0.25) is 0 Å². The SMILES string of the molecule is Cc1cc(N2CC[C@](O)(CN(C)C(=O)c3cccc(CN)c3)C2)c2cnccc2n1. The van der Waals surface area contributed by atoms with Gasteiger partial charge in [0.05, 0.1) is 12.1 Å². The average molecular weight is 406 g/mol. The maximum absolute atomic E-state index is 12.9. The molecule has 1 aliphatic rings. The number of carbonyl (C=O) groups excluding carboxylic acids is 1. The number of anilines is 1. The highest BCUT2D eigenvalue weighted by Gasteiger charge is 2.38. The summed E-state index contributed by atoms with van der Waals surface area (Å²) >= 11 is 0. The van der Waals surface area contributed by atoms with Gasteiger partial charge in [0.1, 0.15) is 5.60 Å². The van der Waals surface area contributed by atoms with Gasteiger partial charge in [-0.3, -0.25) is 14.8 Å². The lowest BCUT2D eigenvalue weighted by Gasteiger charge is -2.30. The predicted octanol–water partition coefficient (Wildman–Crippen LogP) is 2.11. The molecule has 1 amide bonds. The van der Waals surface area contributed by atoms with Gasteiger partial charge in [0.25, 0.3) is 5.91 Å². The van der Waals surface area contributed by atoms with E-state index in [2.05, 4.69) is 14.9 Å². The van der Waals surface area contributed by atoms with Gasteiger partial charge in [-0.15, -0.1) is 0 Å². The van der Waals surface area contributed by atoms with E-state index in [1.165, 1.54) is 0 Å². The first-order valence-corrected chi connectivity index (χ1v) is 10.1. The zero-order valence-corrected chi connectivity index (χ0v) is 17.4. The minimum atomic E-state index is -0.985. The molecule has 0 radical (unpaired) electrons. The number of aryl methyl sites for hydroxylation is 1. The molecule has 7 nitrogen and oxygen atoms in total. The van der Waals surface area contributed by atoms with E-state index in [4.69, 9.17) is 5.73 Å². The van der Waals surface area contributed by atoms with Crippen molar-refractivity contribution >= 4 is 22.5 Å². The van der Waals surface area contributed by atoms with Crippen LogP contribution in [0.1, 0.15) is 28.0 Å². The van der Waals surface area contributed by atoms with Crippen LogP contribution in [0.4, 0.5) is 5.69 Å². The molecule has 0 unspecified atom stereocenters. The summed E-state index contributed by atoms with van der Waals surface area (Å²) in [5.74, 6) is -0.119. The number of likely N-dealkylation sites (N-methyl/N-ethyl adjacent to an activating group) is 1. The first kappa shape index (κ1) is 20.3. The molecule has 3 heterocycles. The lowest BCUT2D eigenvalue weighted by molar-refractivity contribution is 0.0264. The third-order valence-corrected chi connectivity index (χ3v) is 5.68. The number of aliphatic hydroxyl groups is 1. The Kier molecular flexibility index (Phi) is 5.40. The number of fused-ring (bicyclic) bond motifs is 1. The Balaban J connectivity index is 1.51. The quantitative estimate of drug-likeness (QED) is 0.675. The Bertz CT molecular complexity index is 1090. The highest BCUT2D eigenvalue weighted by atomic mass is 16.3. The van der Waals surface area contributed by atoms with E-state index in [-0.39, 0.29) is 12.5 Å². The van der Waals surface area contributed by atoms with Gasteiger partial charge < -0.3 is 20.6 Å². The molecule has 1 aromatic carbocycles. The van der Waals surface area contributed by atoms with Gasteiger partial charge in [-0.1, -0.05) is 12.1 Å². The molecule has 3 N–H and O–H groups in total. The second-order valence-electron chi connectivity index (χ2n) is 8.14. The number of pyridine rings is 2. The minimum Gasteiger partial charge on any atom is -0.386 e. The molecule has 3 aromatic rings. The number of aromatic nitrogens is 2. The number of hydrogen-bond donors (Lipinski definition) is 2. The zero-order valence-electron chi connectivity index (χ0n) is 17.4. The van der Waals surface area contributed by atoms with Crippen molar-refractivity contribution in [3.8, 4) is 0 Å². The van der Waals surface area contributed by atoms with Crippen LogP contribution in [0, 0.1) is 6.92 Å². The van der Waals surface area contributed by atoms with Crippen LogP contribution >= 0.6 is 0 Å². The predicted molar refractivity (Wildman–Crippen MR) is 117 cm³/mol. The smallest absolute Gasteiger partial charge is 0.253 e. The van der Waals surface area contributed by atoms with E-state index in [9.17, 15) is 9.90 Å². The minimum absolute atomic E-state index is 0.119. The third-order valence-electron chi connectivity index (χ3n) is 5.68. The third kappa shape index (κ3) is 3.99. The molecule has 156 valence electrons. The molecule has 0 spiro atoms. The summed E-state index contributed by atoms with van der Waals surface area (Å²) in [4.78, 5) is 25.4. The lowest BCUT2D eigenvalue weighted by Crippen LogP contribution is -2.45. The topological polar surface area (TPSA) is 95.6 Å². The maximum atomic E-state index is 12.9. The van der Waals surface area contributed by atoms with E-state index < -0.39 is 5.60 Å². The summed E-state index contributed by atoms with van der Waals surface area (Å²) in [6.07, 6.45) is 4.13. The largest absolute Gasteiger partial charge is 0.386 e. The van der Waals surface area contributed by atoms with Crippen molar-refractivity contribution in [2.45, 2.75) is 25.5 Å². The number of amides is 1. The van der Waals surface area contributed by atoms with Gasteiger partial charge in [0, 0.05) is 61.4 Å². The molecule has 30 heavy (non-hydrogen) atoms. The van der Waals surface area contributed by atoms with Gasteiger partial charge in [-0.05, 0) is 43.2 Å². The molecule has 0 bridgehead atoms. The monoisotopic (exact) mass is 405 g/mol. The van der Waals surface area contributed by atoms with Crippen molar-refractivity contribution in [3.63, 3.8) is 0 Å². The first-order chi connectivity index (χ1) is 14.4. The maximum Gasteiger partial charge on any atom is 0.253 e. The van der Waals surface area contributed by atoms with Crippen LogP contribution in [0.15, 0.2) is 48.8 Å². The molecule has 1 saturated heterocycles.